The quantitative estimate of drug-likeness (QED) is 0.733. The van der Waals surface area contributed by atoms with Gasteiger partial charge >= 0.3 is 6.03 Å². The van der Waals surface area contributed by atoms with Crippen LogP contribution in [0.2, 0.25) is 0 Å². The minimum Gasteiger partial charge on any atom is -0.494 e. The van der Waals surface area contributed by atoms with Gasteiger partial charge in [-0.05, 0) is 24.6 Å². The third-order valence-corrected chi connectivity index (χ3v) is 2.94. The molecular formula is C15H12N4O3. The van der Waals surface area contributed by atoms with E-state index in [1.54, 1.807) is 30.3 Å². The number of aromatic nitrogens is 1. The average Bonchev–Trinajstić information content (AvgIpc) is 2.48. The van der Waals surface area contributed by atoms with Gasteiger partial charge in [0, 0.05) is 11.9 Å². The molecule has 0 fully saturated rings. The summed E-state index contributed by atoms with van der Waals surface area (Å²) in [5.74, 6) is -0.447. The Kier molecular flexibility index (Phi) is 4.34. The fourth-order valence-electron chi connectivity index (χ4n) is 1.81. The van der Waals surface area contributed by atoms with E-state index in [0.29, 0.717) is 5.69 Å². The number of rotatable bonds is 2. The minimum absolute atomic E-state index is 0.111. The predicted octanol–water partition coefficient (Wildman–Crippen LogP) is 1.91. The second kappa shape index (κ2) is 6.37. The topological polar surface area (TPSA) is 118 Å². The smallest absolute Gasteiger partial charge is 0.345 e. The van der Waals surface area contributed by atoms with Crippen LogP contribution in [0.25, 0.3) is 0 Å². The Labute approximate surface area is 125 Å². The molecule has 0 unspecified atom stereocenters. The lowest BCUT2D eigenvalue weighted by Gasteiger charge is -2.04. The van der Waals surface area contributed by atoms with E-state index in [-0.39, 0.29) is 16.7 Å². The van der Waals surface area contributed by atoms with Crippen LogP contribution in [0.3, 0.4) is 0 Å². The molecule has 0 bridgehead atoms. The third kappa shape index (κ3) is 3.19. The molecule has 1 heterocycles. The molecule has 1 aromatic carbocycles. The molecule has 0 aliphatic carbocycles. The van der Waals surface area contributed by atoms with Crippen LogP contribution in [-0.2, 0) is 0 Å². The maximum Gasteiger partial charge on any atom is 0.345 e. The van der Waals surface area contributed by atoms with Crippen LogP contribution in [0.4, 0.5) is 10.5 Å². The molecule has 2 aromatic rings. The largest absolute Gasteiger partial charge is 0.494 e. The number of carbonyl (C=O) groups excluding carboxylic acids is 1. The molecule has 0 saturated carbocycles. The molecule has 2 rings (SSSR count). The fourth-order valence-corrected chi connectivity index (χ4v) is 1.81. The SMILES string of the molecule is Cc1c(/C=N/C(=O)Nc2ccccc2)c(O)[nH]c(=O)c1C#N. The van der Waals surface area contributed by atoms with Gasteiger partial charge in [-0.3, -0.25) is 9.78 Å². The van der Waals surface area contributed by atoms with E-state index in [4.69, 9.17) is 5.26 Å². The summed E-state index contributed by atoms with van der Waals surface area (Å²) in [4.78, 5) is 28.9. The van der Waals surface area contributed by atoms with Gasteiger partial charge in [0.25, 0.3) is 5.56 Å². The Morgan fingerprint density at radius 2 is 2.09 bits per heavy atom. The minimum atomic E-state index is -0.691. The Morgan fingerprint density at radius 3 is 2.73 bits per heavy atom. The number of H-pyrrole nitrogens is 1. The number of anilines is 1. The number of nitriles is 1. The molecule has 1 aromatic heterocycles. The van der Waals surface area contributed by atoms with E-state index in [9.17, 15) is 14.7 Å². The van der Waals surface area contributed by atoms with Gasteiger partial charge in [-0.25, -0.2) is 9.79 Å². The third-order valence-electron chi connectivity index (χ3n) is 2.94. The van der Waals surface area contributed by atoms with Crippen molar-refractivity contribution in [2.24, 2.45) is 4.99 Å². The first-order valence-corrected chi connectivity index (χ1v) is 6.29. The zero-order valence-corrected chi connectivity index (χ0v) is 11.6. The maximum absolute atomic E-state index is 11.7. The molecule has 0 aliphatic rings. The van der Waals surface area contributed by atoms with Crippen molar-refractivity contribution >= 4 is 17.9 Å². The molecule has 0 spiro atoms. The summed E-state index contributed by atoms with van der Waals surface area (Å²) < 4.78 is 0. The number of carbonyl (C=O) groups is 1. The molecule has 2 amide bonds. The molecule has 22 heavy (non-hydrogen) atoms. The highest BCUT2D eigenvalue weighted by Gasteiger charge is 2.12. The van der Waals surface area contributed by atoms with E-state index in [0.717, 1.165) is 6.21 Å². The van der Waals surface area contributed by atoms with Gasteiger partial charge in [0.05, 0.1) is 5.56 Å². The van der Waals surface area contributed by atoms with E-state index < -0.39 is 17.5 Å². The number of aromatic amines is 1. The van der Waals surface area contributed by atoms with Crippen LogP contribution in [0.15, 0.2) is 40.1 Å². The number of para-hydroxylation sites is 1. The number of benzene rings is 1. The fraction of sp³-hybridized carbons (Fsp3) is 0.0667. The number of amides is 2. The summed E-state index contributed by atoms with van der Waals surface area (Å²) in [6.07, 6.45) is 1.10. The zero-order chi connectivity index (χ0) is 16.1. The number of aliphatic imine (C=N–C) groups is 1. The molecule has 3 N–H and O–H groups in total. The van der Waals surface area contributed by atoms with E-state index in [2.05, 4.69) is 15.3 Å². The van der Waals surface area contributed by atoms with E-state index >= 15 is 0 Å². The summed E-state index contributed by atoms with van der Waals surface area (Å²) in [7, 11) is 0. The van der Waals surface area contributed by atoms with E-state index in [1.807, 2.05) is 6.07 Å². The summed E-state index contributed by atoms with van der Waals surface area (Å²) in [6.45, 7) is 1.49. The Hall–Kier alpha value is -3.40. The van der Waals surface area contributed by atoms with Crippen LogP contribution < -0.4 is 10.9 Å². The van der Waals surface area contributed by atoms with Gasteiger partial charge < -0.3 is 10.4 Å². The average molecular weight is 296 g/mol. The first-order valence-electron chi connectivity index (χ1n) is 6.29. The van der Waals surface area contributed by atoms with Gasteiger partial charge in [-0.15, -0.1) is 0 Å². The van der Waals surface area contributed by atoms with Crippen molar-refractivity contribution in [3.8, 4) is 11.9 Å². The van der Waals surface area contributed by atoms with Crippen molar-refractivity contribution in [2.75, 3.05) is 5.32 Å². The number of pyridine rings is 1. The first kappa shape index (κ1) is 15.0. The van der Waals surface area contributed by atoms with Gasteiger partial charge in [-0.1, -0.05) is 18.2 Å². The molecule has 0 aliphatic heterocycles. The molecule has 0 radical (unpaired) electrons. The Morgan fingerprint density at radius 1 is 1.41 bits per heavy atom. The van der Waals surface area contributed by atoms with Crippen molar-refractivity contribution in [3.05, 3.63) is 57.4 Å². The zero-order valence-electron chi connectivity index (χ0n) is 11.6. The van der Waals surface area contributed by atoms with Crippen LogP contribution >= 0.6 is 0 Å². The van der Waals surface area contributed by atoms with Crippen molar-refractivity contribution in [2.45, 2.75) is 6.92 Å². The monoisotopic (exact) mass is 296 g/mol. The molecular weight excluding hydrogens is 284 g/mol. The Balaban J connectivity index is 2.26. The van der Waals surface area contributed by atoms with Crippen molar-refractivity contribution in [1.29, 1.82) is 5.26 Å². The van der Waals surface area contributed by atoms with Gasteiger partial charge in [-0.2, -0.15) is 5.26 Å². The Bertz CT molecular complexity index is 832. The highest BCUT2D eigenvalue weighted by Crippen LogP contribution is 2.16. The van der Waals surface area contributed by atoms with Crippen molar-refractivity contribution in [1.82, 2.24) is 4.98 Å². The molecule has 7 heteroatoms. The summed E-state index contributed by atoms with van der Waals surface area (Å²) >= 11 is 0. The number of nitrogens with zero attached hydrogens (tertiary/aromatic N) is 2. The molecule has 110 valence electrons. The predicted molar refractivity (Wildman–Crippen MR) is 81.2 cm³/mol. The molecule has 0 atom stereocenters. The van der Waals surface area contributed by atoms with Crippen LogP contribution in [-0.4, -0.2) is 22.3 Å². The standard InChI is InChI=1S/C15H12N4O3/c1-9-11(7-16)13(20)19-14(21)12(9)8-17-15(22)18-10-5-3-2-4-6-10/h2-6,8H,1H3,(H,18,22)(H2,19,20,21)/b17-8+. The highest BCUT2D eigenvalue weighted by molar-refractivity contribution is 5.99. The molecule has 7 nitrogen and oxygen atoms in total. The van der Waals surface area contributed by atoms with Gasteiger partial charge in [0.2, 0.25) is 5.88 Å². The summed E-state index contributed by atoms with van der Waals surface area (Å²) in [6, 6.07) is 9.82. The summed E-state index contributed by atoms with van der Waals surface area (Å²) in [5, 5.41) is 21.2. The number of hydrogen-bond donors (Lipinski definition) is 3. The second-order valence-electron chi connectivity index (χ2n) is 4.38. The lowest BCUT2D eigenvalue weighted by molar-refractivity contribution is 0.259. The van der Waals surface area contributed by atoms with E-state index in [1.165, 1.54) is 6.92 Å². The lowest BCUT2D eigenvalue weighted by atomic mass is 10.1. The highest BCUT2D eigenvalue weighted by atomic mass is 16.3. The van der Waals surface area contributed by atoms with Crippen molar-refractivity contribution < 1.29 is 9.90 Å². The number of aromatic hydroxyl groups is 1. The van der Waals surface area contributed by atoms with Crippen LogP contribution in [0, 0.1) is 18.3 Å². The second-order valence-corrected chi connectivity index (χ2v) is 4.38. The van der Waals surface area contributed by atoms with Crippen molar-refractivity contribution in [3.63, 3.8) is 0 Å². The number of hydrogen-bond acceptors (Lipinski definition) is 4. The van der Waals surface area contributed by atoms with Gasteiger partial charge in [0.1, 0.15) is 11.6 Å². The van der Waals surface area contributed by atoms with Gasteiger partial charge in [0.15, 0.2) is 0 Å². The normalized spacial score (nSPS) is 10.4. The number of urea groups is 1. The maximum atomic E-state index is 11.7. The number of nitrogens with one attached hydrogen (secondary N) is 2. The summed E-state index contributed by atoms with van der Waals surface area (Å²) in [5.41, 5.74) is 0.107. The first-order chi connectivity index (χ1) is 10.5. The van der Waals surface area contributed by atoms with Crippen LogP contribution in [0.5, 0.6) is 5.88 Å². The van der Waals surface area contributed by atoms with Crippen LogP contribution in [0.1, 0.15) is 16.7 Å². The molecule has 0 saturated heterocycles. The lowest BCUT2D eigenvalue weighted by Crippen LogP contribution is -2.14.